The number of nitrogens with one attached hydrogen (secondary N) is 10. The van der Waals surface area contributed by atoms with Crippen LogP contribution < -0.4 is 99.5 Å². The van der Waals surface area contributed by atoms with Crippen molar-refractivity contribution in [1.82, 2.24) is 62.7 Å². The SMILES string of the molecule is CC(C)C[C@H](NC(=O)[C@H](CC(C)C)NC(=O)[C@H](CCCCN)NC(=O)[C@H](CCCN=C(N)N)CC(=O)[C@@H]1CCCN1C(=O)[C@@H](C)CCCN=C(N)N)C(=O)N[C@@H](C)C(=O)N[C@@H](CCC(=O)O)C(=O)N[C@@H](CCCCN)C(N)=O.CCCCCCCCCCCCCCCC(=O)C[C@@H](Cc1cnc[nH]1)C(=O)N[C@@H](C)C(=O)C[C@H](C(=O)N[C@@H](CC(N)=O)C(=O)C[C@@H](CO)C(=O)N[C@@H](CCC(N)=O)C(=O)CC)[C@@H](C)O. The molecule has 45 nitrogen and oxygen atoms in total. The number of aliphatic hydroxyl groups excluding tert-OH is 2. The number of rotatable bonds is 79. The van der Waals surface area contributed by atoms with Crippen molar-refractivity contribution in [3.8, 4) is 0 Å². The van der Waals surface area contributed by atoms with Gasteiger partial charge in [-0.2, -0.15) is 0 Å². The molecule has 1 aliphatic heterocycles. The van der Waals surface area contributed by atoms with E-state index in [-0.39, 0.29) is 125 Å². The molecule has 0 aliphatic carbocycles. The Morgan fingerprint density at radius 3 is 1.41 bits per heavy atom. The molecule has 2 rings (SSSR count). The van der Waals surface area contributed by atoms with Gasteiger partial charge >= 0.3 is 5.97 Å². The molecular weight excluding hydrogens is 1840 g/mol. The number of likely N-dealkylation sites (tertiary alicyclic amines) is 1. The standard InChI is InChI=1S/C51H94N16O11.C46H77N7O11/c1-29(2)26-37(47(76)61-32(6)43(72)63-36(19-20-41(69)70)46(75)62-34(42(54)71)16-7-9-21-52)66-48(77)38(27-30(3)4)65-45(74)35(17-8-10-22-53)64-44(73)33(15-12-24-60-51(57)58)28-40(68)39-18-13-25-67(39)49(78)31(5)14-11-23-59-50(55)56;1-5-7-8-9-10-11-12-13-14-15-16-17-18-19-35(56)23-32(22-34-27-49-29-50-34)44(62)51-30(3)40(58)25-36(31(4)55)46(64)53-38(26-43(48)61)41(59)24-33(28-54)45(63)52-37(39(57)6-2)20-21-42(47)60/h29-39H,7-28,52-53H2,1-6H3,(H2,54,71)(H,61,76)(H,62,75)(H,63,72)(H,64,73)(H,65,74)(H,66,77)(H,69,70)(H4,55,56,59)(H4,57,58,60);27,29-33,36-38,54-55H,5-26,28H2,1-4H3,(H2,47,60)(H2,48,61)(H,49,50)(H,51,62)(H,52,63)(H,53,64)/t31-,32-,33+,34-,35-,36-,37-,38-,39-;30-,31+,32+,33-,36-,37-,38-/m00/s1. The molecule has 0 bridgehead atoms. The molecule has 0 radical (unpaired) electrons. The maximum absolute atomic E-state index is 14.3. The highest BCUT2D eigenvalue weighted by Crippen LogP contribution is 2.28. The maximum Gasteiger partial charge on any atom is 0.303 e. The first kappa shape index (κ1) is 129. The Bertz CT molecular complexity index is 4160. The van der Waals surface area contributed by atoms with Crippen molar-refractivity contribution >= 4 is 124 Å². The number of guanidine groups is 2. The summed E-state index contributed by atoms with van der Waals surface area (Å²) < 4.78 is 0. The largest absolute Gasteiger partial charge is 0.481 e. The van der Waals surface area contributed by atoms with Crippen LogP contribution in [0.4, 0.5) is 0 Å². The van der Waals surface area contributed by atoms with Gasteiger partial charge in [-0.3, -0.25) is 101 Å². The molecular formula is C97H171N23O22. The summed E-state index contributed by atoms with van der Waals surface area (Å²) in [5, 5.41) is 53.1. The molecule has 31 N–H and O–H groups in total. The van der Waals surface area contributed by atoms with Crippen LogP contribution in [0.5, 0.6) is 0 Å². The summed E-state index contributed by atoms with van der Waals surface area (Å²) in [7, 11) is 0. The van der Waals surface area contributed by atoms with E-state index in [1.165, 1.54) is 84.9 Å². The summed E-state index contributed by atoms with van der Waals surface area (Å²) in [6, 6.07) is -12.2. The number of carboxylic acids is 1. The van der Waals surface area contributed by atoms with E-state index in [2.05, 4.69) is 74.7 Å². The number of aliphatic imine (C=N–C) groups is 2. The number of aromatic nitrogens is 2. The third kappa shape index (κ3) is 55.2. The normalized spacial score (nSPS) is 15.5. The van der Waals surface area contributed by atoms with Crippen molar-refractivity contribution in [2.45, 2.75) is 386 Å². The van der Waals surface area contributed by atoms with E-state index in [9.17, 15) is 106 Å². The van der Waals surface area contributed by atoms with Gasteiger partial charge in [-0.25, -0.2) is 4.98 Å². The number of nitrogens with zero attached hydrogens (tertiary/aromatic N) is 4. The second kappa shape index (κ2) is 72.7. The van der Waals surface area contributed by atoms with Crippen LogP contribution in [0.2, 0.25) is 0 Å². The first-order chi connectivity index (χ1) is 67.1. The van der Waals surface area contributed by atoms with E-state index in [1.54, 1.807) is 38.8 Å². The average Bonchev–Trinajstić information content (AvgIpc) is 1.66. The van der Waals surface area contributed by atoms with E-state index in [1.807, 2.05) is 13.8 Å². The number of Topliss-reactive ketones (excluding diaryl/α,β-unsaturated/α-hetero) is 5. The molecule has 45 heteroatoms. The topological polar surface area (TPSA) is 784 Å². The smallest absolute Gasteiger partial charge is 0.303 e. The van der Waals surface area contributed by atoms with Crippen molar-refractivity contribution in [2.75, 3.05) is 39.3 Å². The summed E-state index contributed by atoms with van der Waals surface area (Å²) >= 11 is 0. The van der Waals surface area contributed by atoms with Crippen LogP contribution in [-0.4, -0.2) is 260 Å². The van der Waals surface area contributed by atoms with E-state index >= 15 is 0 Å². The number of H-pyrrole nitrogens is 1. The zero-order valence-electron chi connectivity index (χ0n) is 85.5. The van der Waals surface area contributed by atoms with Crippen molar-refractivity contribution < 1.29 is 106 Å². The first-order valence-electron chi connectivity index (χ1n) is 50.7. The van der Waals surface area contributed by atoms with Crippen molar-refractivity contribution in [3.63, 3.8) is 0 Å². The monoisotopic (exact) mass is 2010 g/mol. The molecule has 13 amide bonds. The van der Waals surface area contributed by atoms with Crippen LogP contribution in [-0.2, 0) is 97.5 Å². The van der Waals surface area contributed by atoms with Gasteiger partial charge in [0.15, 0.2) is 35.1 Å². The summed E-state index contributed by atoms with van der Waals surface area (Å²) in [4.78, 5) is 267. The number of unbranched alkanes of at least 4 members (excludes halogenated alkanes) is 14. The van der Waals surface area contributed by atoms with Gasteiger partial charge in [0.2, 0.25) is 76.8 Å². The van der Waals surface area contributed by atoms with Gasteiger partial charge < -0.3 is 125 Å². The van der Waals surface area contributed by atoms with Crippen LogP contribution in [0.3, 0.4) is 0 Å². The Labute approximate surface area is 835 Å². The fourth-order valence-electron chi connectivity index (χ4n) is 16.3. The van der Waals surface area contributed by atoms with E-state index in [4.69, 9.17) is 51.6 Å². The average molecular weight is 2010 g/mol. The lowest BCUT2D eigenvalue weighted by molar-refractivity contribution is -0.141. The highest BCUT2D eigenvalue weighted by atomic mass is 16.4. The molecule has 0 saturated carbocycles. The second-order valence-corrected chi connectivity index (χ2v) is 38.2. The van der Waals surface area contributed by atoms with Crippen molar-refractivity contribution in [2.24, 2.45) is 103 Å². The number of nitrogens with two attached hydrogens (primary N) is 9. The number of aliphatic hydroxyl groups is 2. The molecule has 806 valence electrons. The van der Waals surface area contributed by atoms with Crippen molar-refractivity contribution in [3.05, 3.63) is 18.2 Å². The van der Waals surface area contributed by atoms with Crippen LogP contribution in [0.1, 0.15) is 319 Å². The predicted molar refractivity (Wildman–Crippen MR) is 535 cm³/mol. The number of carboxylic acid groups (broad SMARTS) is 1. The van der Waals surface area contributed by atoms with E-state index < -0.39 is 223 Å². The first-order valence-corrected chi connectivity index (χ1v) is 50.7. The number of hydrogen-bond acceptors (Lipinski definition) is 26. The van der Waals surface area contributed by atoms with Gasteiger partial charge in [-0.1, -0.05) is 126 Å². The van der Waals surface area contributed by atoms with Crippen LogP contribution in [0.15, 0.2) is 22.5 Å². The molecule has 1 aliphatic rings. The predicted octanol–water partition coefficient (Wildman–Crippen LogP) is 1.05. The molecule has 0 spiro atoms. The summed E-state index contributed by atoms with van der Waals surface area (Å²) in [5.74, 6) is -18.9. The summed E-state index contributed by atoms with van der Waals surface area (Å²) in [5.41, 5.74) is 49.9. The Morgan fingerprint density at radius 2 is 0.915 bits per heavy atom. The fourth-order valence-corrected chi connectivity index (χ4v) is 16.3. The van der Waals surface area contributed by atoms with Crippen LogP contribution >= 0.6 is 0 Å². The molecule has 16 atom stereocenters. The molecule has 1 aromatic rings. The Balaban J connectivity index is 0.00000145. The van der Waals surface area contributed by atoms with Gasteiger partial charge in [0.05, 0.1) is 67.4 Å². The fraction of sp³-hybridized carbons (Fsp3) is 0.753. The Morgan fingerprint density at radius 1 is 0.444 bits per heavy atom. The van der Waals surface area contributed by atoms with Gasteiger partial charge in [0.25, 0.3) is 0 Å². The molecule has 0 unspecified atom stereocenters. The molecule has 1 fully saturated rings. The minimum absolute atomic E-state index is 0.0182. The molecule has 2 heterocycles. The number of carbonyl (C=O) groups excluding carboxylic acids is 18. The third-order valence-corrected chi connectivity index (χ3v) is 24.6. The lowest BCUT2D eigenvalue weighted by Crippen LogP contribution is -2.59. The summed E-state index contributed by atoms with van der Waals surface area (Å²) in [6.07, 6.45) is 18.8. The lowest BCUT2D eigenvalue weighted by Gasteiger charge is -2.29. The van der Waals surface area contributed by atoms with Gasteiger partial charge in [-0.05, 0) is 155 Å². The number of amides is 13. The van der Waals surface area contributed by atoms with Crippen molar-refractivity contribution in [1.29, 1.82) is 0 Å². The number of primary amides is 3. The molecule has 0 aromatic carbocycles. The van der Waals surface area contributed by atoms with Crippen LogP contribution in [0, 0.1) is 41.4 Å². The number of imidazole rings is 1. The van der Waals surface area contributed by atoms with Crippen LogP contribution in [0.25, 0.3) is 0 Å². The zero-order chi connectivity index (χ0) is 107. The van der Waals surface area contributed by atoms with E-state index in [0.717, 1.165) is 25.7 Å². The number of ketones is 5. The molecule has 142 heavy (non-hydrogen) atoms. The quantitative estimate of drug-likeness (QED) is 0.0246. The molecule has 1 saturated heterocycles. The number of aromatic amines is 1. The zero-order valence-corrected chi connectivity index (χ0v) is 85.5. The number of hydrogen-bond donors (Lipinski definition) is 22. The Kier molecular flexibility index (Phi) is 65.8. The van der Waals surface area contributed by atoms with Gasteiger partial charge in [0, 0.05) is 101 Å². The van der Waals surface area contributed by atoms with Gasteiger partial charge in [0.1, 0.15) is 42.0 Å². The lowest BCUT2D eigenvalue weighted by atomic mass is 9.91. The minimum atomic E-state index is -1.62. The van der Waals surface area contributed by atoms with E-state index in [0.29, 0.717) is 96.1 Å². The Hall–Kier alpha value is -11.5. The second-order valence-electron chi connectivity index (χ2n) is 38.2. The minimum Gasteiger partial charge on any atom is -0.481 e. The third-order valence-electron chi connectivity index (χ3n) is 24.6. The highest BCUT2D eigenvalue weighted by Gasteiger charge is 2.41. The van der Waals surface area contributed by atoms with Gasteiger partial charge in [-0.15, -0.1) is 0 Å². The number of aliphatic carboxylic acids is 1. The maximum atomic E-state index is 14.3. The number of carbonyl (C=O) groups is 19. The summed E-state index contributed by atoms with van der Waals surface area (Å²) in [6.45, 7) is 17.4. The molecule has 1 aromatic heterocycles. The highest BCUT2D eigenvalue weighted by molar-refractivity contribution is 6.01.